The number of amides is 1. The molecule has 1 aromatic rings. The minimum atomic E-state index is -4.44. The number of aromatic hydroxyl groups is 1. The maximum absolute atomic E-state index is 14.1. The average molecular weight is 593 g/mol. The number of benzene rings is 1. The monoisotopic (exact) mass is 592 g/mol. The van der Waals surface area contributed by atoms with Crippen LogP contribution >= 0.6 is 0 Å². The first kappa shape index (κ1) is 29.9. The Labute approximate surface area is 240 Å². The van der Waals surface area contributed by atoms with Crippen LogP contribution in [0.4, 0.5) is 18.9 Å². The number of nitrogens with zero attached hydrogens (tertiary/aromatic N) is 3. The van der Waals surface area contributed by atoms with Crippen LogP contribution in [0.3, 0.4) is 0 Å². The first-order valence-electron chi connectivity index (χ1n) is 13.8. The molecule has 228 valence electrons. The van der Waals surface area contributed by atoms with Crippen LogP contribution in [0.1, 0.15) is 40.7 Å². The fourth-order valence-electron chi connectivity index (χ4n) is 7.50. The first-order chi connectivity index (χ1) is 19.6. The van der Waals surface area contributed by atoms with E-state index in [0.29, 0.717) is 17.7 Å². The Morgan fingerprint density at radius 1 is 1.12 bits per heavy atom. The summed E-state index contributed by atoms with van der Waals surface area (Å²) in [5.41, 5.74) is 5.78. The number of hydrogen-bond donors (Lipinski definition) is 4. The number of anilines is 1. The second-order valence-corrected chi connectivity index (χ2v) is 12.1. The quantitative estimate of drug-likeness (QED) is 0.379. The van der Waals surface area contributed by atoms with Gasteiger partial charge in [0.25, 0.3) is 5.91 Å². The maximum atomic E-state index is 14.1. The van der Waals surface area contributed by atoms with Crippen LogP contribution in [-0.2, 0) is 22.6 Å². The predicted molar refractivity (Wildman–Crippen MR) is 146 cm³/mol. The van der Waals surface area contributed by atoms with Crippen molar-refractivity contribution >= 4 is 23.2 Å². The van der Waals surface area contributed by atoms with Crippen molar-refractivity contribution in [2.75, 3.05) is 39.6 Å². The molecule has 0 spiro atoms. The molecule has 3 aliphatic carbocycles. The zero-order valence-corrected chi connectivity index (χ0v) is 23.8. The SMILES string of the molecule is CN(C)c1cc(CN2CCCC2C(F)(F)F)c(O)c2c1CC1CC3C(C(=O)C(C(N)=O)=C(O)[C@H]3N(C)C)C(O)=C1C2=O. The summed E-state index contributed by atoms with van der Waals surface area (Å²) in [6, 6.07) is -0.890. The predicted octanol–water partition coefficient (Wildman–Crippen LogP) is 2.60. The first-order valence-corrected chi connectivity index (χ1v) is 13.8. The Hall–Kier alpha value is -3.58. The lowest BCUT2D eigenvalue weighted by atomic mass is 9.60. The van der Waals surface area contributed by atoms with Gasteiger partial charge in [-0.1, -0.05) is 0 Å². The van der Waals surface area contributed by atoms with Crippen LogP contribution in [0, 0.1) is 17.8 Å². The molecule has 10 nitrogen and oxygen atoms in total. The third kappa shape index (κ3) is 4.53. The summed E-state index contributed by atoms with van der Waals surface area (Å²) in [6.45, 7) is -0.0493. The molecule has 1 aromatic carbocycles. The van der Waals surface area contributed by atoms with E-state index in [1.165, 1.54) is 4.90 Å². The number of allylic oxidation sites excluding steroid dienone is 2. The van der Waals surface area contributed by atoms with Crippen molar-refractivity contribution in [2.45, 2.75) is 50.5 Å². The van der Waals surface area contributed by atoms with Gasteiger partial charge in [0.2, 0.25) is 0 Å². The van der Waals surface area contributed by atoms with Crippen molar-refractivity contribution in [3.8, 4) is 5.75 Å². The number of carbonyl (C=O) groups excluding carboxylic acids is 3. The zero-order valence-electron chi connectivity index (χ0n) is 23.8. The van der Waals surface area contributed by atoms with Crippen molar-refractivity contribution in [2.24, 2.45) is 23.5 Å². The van der Waals surface area contributed by atoms with E-state index in [2.05, 4.69) is 0 Å². The molecule has 0 aromatic heterocycles. The number of phenols is 1. The highest BCUT2D eigenvalue weighted by atomic mass is 19.4. The number of halogens is 3. The molecule has 0 bridgehead atoms. The number of nitrogens with two attached hydrogens (primary N) is 1. The number of primary amides is 1. The Morgan fingerprint density at radius 3 is 2.36 bits per heavy atom. The lowest BCUT2D eigenvalue weighted by Crippen LogP contribution is -2.53. The van der Waals surface area contributed by atoms with E-state index < -0.39 is 76.3 Å². The van der Waals surface area contributed by atoms with Crippen LogP contribution < -0.4 is 10.6 Å². The molecule has 4 aliphatic rings. The lowest BCUT2D eigenvalue weighted by Gasteiger charge is -2.46. The van der Waals surface area contributed by atoms with Crippen molar-refractivity contribution in [3.63, 3.8) is 0 Å². The fourth-order valence-corrected chi connectivity index (χ4v) is 7.50. The second kappa shape index (κ2) is 10.3. The van der Waals surface area contributed by atoms with Gasteiger partial charge in [0.05, 0.1) is 17.5 Å². The number of likely N-dealkylation sites (tertiary alicyclic amines) is 1. The molecule has 5 N–H and O–H groups in total. The van der Waals surface area contributed by atoms with Crippen molar-refractivity contribution in [1.82, 2.24) is 9.80 Å². The van der Waals surface area contributed by atoms with Gasteiger partial charge in [-0.25, -0.2) is 0 Å². The third-order valence-electron chi connectivity index (χ3n) is 9.22. The molecular formula is C29H35F3N4O6. The number of rotatable bonds is 5. The molecule has 1 heterocycles. The summed E-state index contributed by atoms with van der Waals surface area (Å²) in [5, 5.41) is 33.7. The molecule has 1 fully saturated rings. The van der Waals surface area contributed by atoms with E-state index in [9.17, 15) is 42.9 Å². The Balaban J connectivity index is 1.63. The number of ketones is 2. The molecule has 5 atom stereocenters. The van der Waals surface area contributed by atoms with Crippen molar-refractivity contribution in [1.29, 1.82) is 0 Å². The maximum Gasteiger partial charge on any atom is 0.404 e. The summed E-state index contributed by atoms with van der Waals surface area (Å²) in [4.78, 5) is 44.2. The van der Waals surface area contributed by atoms with E-state index in [1.807, 2.05) is 0 Å². The van der Waals surface area contributed by atoms with E-state index in [0.717, 1.165) is 0 Å². The lowest BCUT2D eigenvalue weighted by molar-refractivity contribution is -0.177. The molecule has 4 unspecified atom stereocenters. The molecular weight excluding hydrogens is 557 g/mol. The Morgan fingerprint density at radius 2 is 1.79 bits per heavy atom. The molecule has 42 heavy (non-hydrogen) atoms. The third-order valence-corrected chi connectivity index (χ3v) is 9.22. The largest absolute Gasteiger partial charge is 0.511 e. The minimum Gasteiger partial charge on any atom is -0.511 e. The molecule has 1 aliphatic heterocycles. The average Bonchev–Trinajstić information content (AvgIpc) is 3.33. The van der Waals surface area contributed by atoms with E-state index >= 15 is 0 Å². The van der Waals surface area contributed by atoms with Crippen LogP contribution in [0.25, 0.3) is 0 Å². The molecule has 5 rings (SSSR count). The van der Waals surface area contributed by atoms with Gasteiger partial charge in [0.1, 0.15) is 28.9 Å². The van der Waals surface area contributed by atoms with Gasteiger partial charge in [0, 0.05) is 37.5 Å². The number of phenolic OH excluding ortho intramolecular Hbond substituents is 1. The smallest absolute Gasteiger partial charge is 0.404 e. The van der Waals surface area contributed by atoms with Gasteiger partial charge in [-0.15, -0.1) is 0 Å². The Kier molecular flexibility index (Phi) is 7.33. The van der Waals surface area contributed by atoms with Gasteiger partial charge in [-0.05, 0) is 69.8 Å². The number of aliphatic hydroxyl groups excluding tert-OH is 2. The minimum absolute atomic E-state index is 0.0566. The highest BCUT2D eigenvalue weighted by molar-refractivity contribution is 6.22. The van der Waals surface area contributed by atoms with Gasteiger partial charge in [-0.2, -0.15) is 13.2 Å². The van der Waals surface area contributed by atoms with Crippen LogP contribution in [0.15, 0.2) is 28.7 Å². The Bertz CT molecular complexity index is 1430. The number of hydrogen-bond acceptors (Lipinski definition) is 9. The summed E-state index contributed by atoms with van der Waals surface area (Å²) in [6.07, 6.45) is -3.75. The summed E-state index contributed by atoms with van der Waals surface area (Å²) in [7, 11) is 6.75. The molecule has 13 heteroatoms. The van der Waals surface area contributed by atoms with Gasteiger partial charge < -0.3 is 26.0 Å². The number of carbonyl (C=O) groups is 3. The number of aliphatic hydroxyl groups is 2. The molecule has 0 radical (unpaired) electrons. The van der Waals surface area contributed by atoms with E-state index in [4.69, 9.17) is 5.73 Å². The highest BCUT2D eigenvalue weighted by Crippen LogP contribution is 2.52. The molecule has 1 saturated heterocycles. The highest BCUT2D eigenvalue weighted by Gasteiger charge is 2.55. The van der Waals surface area contributed by atoms with Crippen LogP contribution in [0.2, 0.25) is 0 Å². The molecule has 1 amide bonds. The normalized spacial score (nSPS) is 28.2. The summed E-state index contributed by atoms with van der Waals surface area (Å²) >= 11 is 0. The number of fused-ring (bicyclic) bond motifs is 3. The van der Waals surface area contributed by atoms with E-state index in [1.54, 1.807) is 44.1 Å². The fraction of sp³-hybridized carbons (Fsp3) is 0.552. The molecule has 0 saturated carbocycles. The standard InChI is InChI=1S/C29H35F3N4O6/c1-34(2)16-10-13(11-36-7-5-6-17(36)29(30,31)32)23(37)19-14(16)8-12-9-15-20(25(39)18(12)24(19)38)26(40)21(28(33)42)27(41)22(15)35(3)4/h10,12,15,17,20,22,37,39,41H,5-9,11H2,1-4H3,(H2,33,42)/t12?,15?,17?,20?,22-/m0/s1. The number of alkyl halides is 3. The van der Waals surface area contributed by atoms with Gasteiger partial charge >= 0.3 is 6.18 Å². The number of likely N-dealkylation sites (N-methyl/N-ethyl adjacent to an activating group) is 1. The number of Topliss-reactive ketones (excluding diaryl/α,β-unsaturated/α-hetero) is 2. The topological polar surface area (TPSA) is 148 Å². The van der Waals surface area contributed by atoms with Crippen LogP contribution in [0.5, 0.6) is 5.75 Å². The van der Waals surface area contributed by atoms with Gasteiger partial charge in [0.15, 0.2) is 11.6 Å². The van der Waals surface area contributed by atoms with Crippen molar-refractivity contribution < 1.29 is 42.9 Å². The second-order valence-electron chi connectivity index (χ2n) is 12.1. The van der Waals surface area contributed by atoms with Crippen molar-refractivity contribution in [3.05, 3.63) is 45.4 Å². The van der Waals surface area contributed by atoms with E-state index in [-0.39, 0.29) is 49.1 Å². The van der Waals surface area contributed by atoms with Gasteiger partial charge in [-0.3, -0.25) is 24.2 Å². The van der Waals surface area contributed by atoms with Crippen LogP contribution in [-0.4, -0.2) is 95.6 Å². The zero-order chi connectivity index (χ0) is 31.0. The summed E-state index contributed by atoms with van der Waals surface area (Å²) < 4.78 is 41.0. The summed E-state index contributed by atoms with van der Waals surface area (Å²) in [5.74, 6) is -6.80.